The van der Waals surface area contributed by atoms with Crippen molar-refractivity contribution in [2.45, 2.75) is 51.5 Å². The Hall–Kier alpha value is -3.60. The number of rotatable bonds is 11. The molecule has 0 atom stereocenters. The van der Waals surface area contributed by atoms with Gasteiger partial charge >= 0.3 is 0 Å². The number of thiazole rings is 1. The van der Waals surface area contributed by atoms with Crippen molar-refractivity contribution in [2.75, 3.05) is 58.2 Å². The second kappa shape index (κ2) is 15.4. The lowest BCUT2D eigenvalue weighted by atomic mass is 10.0. The fourth-order valence-electron chi connectivity index (χ4n) is 5.89. The highest BCUT2D eigenvalue weighted by Crippen LogP contribution is 2.26. The number of benzene rings is 2. The Balaban J connectivity index is 1.14. The van der Waals surface area contributed by atoms with Crippen LogP contribution in [0.1, 0.15) is 54.9 Å². The molecule has 0 radical (unpaired) electrons. The summed E-state index contributed by atoms with van der Waals surface area (Å²) in [6.45, 7) is 7.82. The van der Waals surface area contributed by atoms with Crippen LogP contribution in [-0.4, -0.2) is 96.2 Å². The summed E-state index contributed by atoms with van der Waals surface area (Å²) in [7, 11) is 2.18. The first kappa shape index (κ1) is 31.8. The zero-order chi connectivity index (χ0) is 30.9. The molecule has 2 fully saturated rings. The van der Waals surface area contributed by atoms with E-state index in [0.717, 1.165) is 74.1 Å². The second-order valence-corrected chi connectivity index (χ2v) is 12.7. The van der Waals surface area contributed by atoms with Crippen LogP contribution in [0.5, 0.6) is 5.75 Å². The van der Waals surface area contributed by atoms with Crippen LogP contribution < -0.4 is 10.1 Å². The molecule has 0 saturated carbocycles. The van der Waals surface area contributed by atoms with E-state index in [1.807, 2.05) is 35.2 Å². The number of amides is 2. The normalized spacial score (nSPS) is 17.2. The van der Waals surface area contributed by atoms with Crippen molar-refractivity contribution in [1.82, 2.24) is 19.7 Å². The molecule has 0 aliphatic carbocycles. The van der Waals surface area contributed by atoms with E-state index < -0.39 is 0 Å². The third-order valence-corrected chi connectivity index (χ3v) is 9.42. The van der Waals surface area contributed by atoms with Gasteiger partial charge in [0.15, 0.2) is 17.5 Å². The Kier molecular flexibility index (Phi) is 11.1. The number of likely N-dealkylation sites (tertiary alicyclic amines) is 1. The van der Waals surface area contributed by atoms with Crippen LogP contribution in [0.4, 0.5) is 5.13 Å². The molecule has 2 aromatic carbocycles. The number of nitrogens with one attached hydrogen (secondary N) is 1. The number of carbonyl (C=O) groups is 3. The number of allylic oxidation sites excluding steroid dienone is 1. The van der Waals surface area contributed by atoms with Gasteiger partial charge in [-0.1, -0.05) is 36.8 Å². The Labute approximate surface area is 263 Å². The summed E-state index contributed by atoms with van der Waals surface area (Å²) in [5, 5.41) is 3.34. The minimum atomic E-state index is -0.296. The Bertz CT molecular complexity index is 1450. The predicted octanol–water partition coefficient (Wildman–Crippen LogP) is 5.02. The van der Waals surface area contributed by atoms with E-state index >= 15 is 0 Å². The van der Waals surface area contributed by atoms with E-state index in [-0.39, 0.29) is 24.2 Å². The van der Waals surface area contributed by atoms with Crippen molar-refractivity contribution < 1.29 is 19.1 Å². The molecule has 0 bridgehead atoms. The summed E-state index contributed by atoms with van der Waals surface area (Å²) in [6.07, 6.45) is 8.54. The molecule has 3 heterocycles. The van der Waals surface area contributed by atoms with E-state index in [4.69, 9.17) is 4.74 Å². The average Bonchev–Trinajstić information content (AvgIpc) is 3.32. The number of para-hydroxylation sites is 1. The van der Waals surface area contributed by atoms with Crippen molar-refractivity contribution in [3.8, 4) is 5.75 Å². The number of hydrogen-bond donors (Lipinski definition) is 1. The number of hydrogen-bond acceptors (Lipinski definition) is 8. The average molecular weight is 618 g/mol. The molecular weight excluding hydrogens is 574 g/mol. The number of aromatic nitrogens is 1. The van der Waals surface area contributed by atoms with Gasteiger partial charge in [-0.25, -0.2) is 4.98 Å². The van der Waals surface area contributed by atoms with Gasteiger partial charge in [-0.2, -0.15) is 0 Å². The SMILES string of the molecule is CCCCc1cc(C(=O)C=CC(=O)N2CCC(N3CCCN(C)CC3)CC2)ccc1OCC(=O)Nc1nc2ccccc2s1. The van der Waals surface area contributed by atoms with Crippen molar-refractivity contribution in [1.29, 1.82) is 0 Å². The molecule has 3 aromatic rings. The molecule has 234 valence electrons. The van der Waals surface area contributed by atoms with Crippen LogP contribution in [0.3, 0.4) is 0 Å². The van der Waals surface area contributed by atoms with Gasteiger partial charge in [0.2, 0.25) is 5.91 Å². The topological polar surface area (TPSA) is 95.1 Å². The highest BCUT2D eigenvalue weighted by atomic mass is 32.1. The largest absolute Gasteiger partial charge is 0.483 e. The Morgan fingerprint density at radius 2 is 1.84 bits per heavy atom. The fourth-order valence-corrected chi connectivity index (χ4v) is 6.77. The lowest BCUT2D eigenvalue weighted by molar-refractivity contribution is -0.127. The Morgan fingerprint density at radius 3 is 2.64 bits per heavy atom. The maximum Gasteiger partial charge on any atom is 0.264 e. The number of likely N-dealkylation sites (N-methyl/N-ethyl adjacent to an activating group) is 1. The number of anilines is 1. The molecule has 0 unspecified atom stereocenters. The van der Waals surface area contributed by atoms with Gasteiger partial charge in [-0.3, -0.25) is 24.6 Å². The molecule has 44 heavy (non-hydrogen) atoms. The lowest BCUT2D eigenvalue weighted by Gasteiger charge is -2.37. The molecule has 2 aliphatic heterocycles. The molecule has 2 saturated heterocycles. The summed E-state index contributed by atoms with van der Waals surface area (Å²) in [4.78, 5) is 49.8. The second-order valence-electron chi connectivity index (χ2n) is 11.7. The van der Waals surface area contributed by atoms with Gasteiger partial charge in [-0.15, -0.1) is 0 Å². The van der Waals surface area contributed by atoms with Crippen LogP contribution in [-0.2, 0) is 16.0 Å². The summed E-state index contributed by atoms with van der Waals surface area (Å²) in [5.41, 5.74) is 2.20. The van der Waals surface area contributed by atoms with Crippen molar-refractivity contribution in [2.24, 2.45) is 0 Å². The zero-order valence-corrected chi connectivity index (χ0v) is 26.6. The summed E-state index contributed by atoms with van der Waals surface area (Å²) < 4.78 is 6.89. The molecule has 5 rings (SSSR count). The predicted molar refractivity (Wildman–Crippen MR) is 176 cm³/mol. The number of aryl methyl sites for hydroxylation is 1. The third-order valence-electron chi connectivity index (χ3n) is 8.47. The van der Waals surface area contributed by atoms with Gasteiger partial charge in [0.1, 0.15) is 5.75 Å². The van der Waals surface area contributed by atoms with E-state index in [9.17, 15) is 14.4 Å². The summed E-state index contributed by atoms with van der Waals surface area (Å²) in [6, 6.07) is 13.5. The highest BCUT2D eigenvalue weighted by Gasteiger charge is 2.27. The van der Waals surface area contributed by atoms with Crippen LogP contribution in [0.15, 0.2) is 54.6 Å². The standard InChI is InChI=1S/C34H43N5O4S/c1-3-4-8-26-23-25(11-13-30(26)43-24-32(41)36-34-35-28-9-5-6-10-31(28)44-34)29(40)12-14-33(42)39-19-15-27(16-20-39)38-18-7-17-37(2)21-22-38/h5-6,9-14,23,27H,3-4,7-8,15-22,24H2,1-2H3,(H,35,36,41). The van der Waals surface area contributed by atoms with Gasteiger partial charge in [0.05, 0.1) is 10.2 Å². The smallest absolute Gasteiger partial charge is 0.264 e. The summed E-state index contributed by atoms with van der Waals surface area (Å²) >= 11 is 1.42. The maximum absolute atomic E-state index is 13.1. The molecular formula is C34H43N5O4S. The van der Waals surface area contributed by atoms with Crippen LogP contribution in [0.25, 0.3) is 10.2 Å². The molecule has 9 nitrogen and oxygen atoms in total. The molecule has 2 amide bonds. The molecule has 2 aliphatic rings. The van der Waals surface area contributed by atoms with Gasteiger partial charge in [0.25, 0.3) is 5.91 Å². The van der Waals surface area contributed by atoms with Gasteiger partial charge in [-0.05, 0) is 94.2 Å². The van der Waals surface area contributed by atoms with Crippen molar-refractivity contribution in [3.05, 3.63) is 65.7 Å². The van der Waals surface area contributed by atoms with Crippen LogP contribution in [0, 0.1) is 0 Å². The molecule has 1 aromatic heterocycles. The van der Waals surface area contributed by atoms with Gasteiger partial charge < -0.3 is 14.5 Å². The van der Waals surface area contributed by atoms with Crippen LogP contribution in [0.2, 0.25) is 0 Å². The maximum atomic E-state index is 13.1. The summed E-state index contributed by atoms with van der Waals surface area (Å²) in [5.74, 6) is -0.0545. The van der Waals surface area contributed by atoms with E-state index in [0.29, 0.717) is 35.6 Å². The zero-order valence-electron chi connectivity index (χ0n) is 25.8. The van der Waals surface area contributed by atoms with E-state index in [1.54, 1.807) is 12.1 Å². The number of carbonyl (C=O) groups excluding carboxylic acids is 3. The Morgan fingerprint density at radius 1 is 1.02 bits per heavy atom. The molecule has 10 heteroatoms. The number of nitrogens with zero attached hydrogens (tertiary/aromatic N) is 4. The van der Waals surface area contributed by atoms with E-state index in [2.05, 4.69) is 34.1 Å². The monoisotopic (exact) mass is 617 g/mol. The molecule has 1 N–H and O–H groups in total. The number of fused-ring (bicyclic) bond motifs is 1. The first-order valence-electron chi connectivity index (χ1n) is 15.7. The number of unbranched alkanes of at least 4 members (excludes halogenated alkanes) is 1. The van der Waals surface area contributed by atoms with E-state index in [1.165, 1.54) is 29.9 Å². The third kappa shape index (κ3) is 8.52. The van der Waals surface area contributed by atoms with Gasteiger partial charge in [0, 0.05) is 43.9 Å². The van der Waals surface area contributed by atoms with Crippen LogP contribution >= 0.6 is 11.3 Å². The minimum Gasteiger partial charge on any atom is -0.483 e. The highest BCUT2D eigenvalue weighted by molar-refractivity contribution is 7.22. The van der Waals surface area contributed by atoms with Crippen molar-refractivity contribution in [3.63, 3.8) is 0 Å². The van der Waals surface area contributed by atoms with Crippen molar-refractivity contribution >= 4 is 44.3 Å². The first-order chi connectivity index (χ1) is 21.4. The minimum absolute atomic E-state index is 0.113. The fraction of sp³-hybridized carbons (Fsp3) is 0.471. The lowest BCUT2D eigenvalue weighted by Crippen LogP contribution is -2.47. The number of piperidine rings is 1. The molecule has 0 spiro atoms. The quantitative estimate of drug-likeness (QED) is 0.238. The number of ether oxygens (including phenoxy) is 1. The first-order valence-corrected chi connectivity index (χ1v) is 16.6. The number of ketones is 1.